The summed E-state index contributed by atoms with van der Waals surface area (Å²) >= 11 is 0. The molecule has 0 spiro atoms. The van der Waals surface area contributed by atoms with E-state index in [0.717, 1.165) is 23.0 Å². The molecule has 11 nitrogen and oxygen atoms in total. The van der Waals surface area contributed by atoms with Crippen LogP contribution in [-0.4, -0.2) is 105 Å². The third kappa shape index (κ3) is 11.0. The number of esters is 1. The van der Waals surface area contributed by atoms with Gasteiger partial charge in [-0.1, -0.05) is 18.2 Å². The van der Waals surface area contributed by atoms with E-state index >= 15 is 0 Å². The number of carbonyl (C=O) groups excluding carboxylic acids is 1. The zero-order valence-electron chi connectivity index (χ0n) is 20.0. The lowest BCUT2D eigenvalue weighted by Crippen LogP contribution is -3.00. The first-order valence-corrected chi connectivity index (χ1v) is 10.7. The number of aromatic nitrogens is 1. The highest BCUT2D eigenvalue weighted by molar-refractivity contribution is 5.89. The van der Waals surface area contributed by atoms with Crippen molar-refractivity contribution < 1.29 is 61.9 Å². The molecule has 198 valence electrons. The molecule has 1 aliphatic heterocycles. The number of carbonyl (C=O) groups is 2. The van der Waals surface area contributed by atoms with Gasteiger partial charge in [0.2, 0.25) is 5.76 Å². The molecule has 0 saturated carbocycles. The number of aliphatic carboxylic acids is 1. The number of ether oxygens (including phenoxy) is 1. The van der Waals surface area contributed by atoms with Crippen LogP contribution in [0.5, 0.6) is 0 Å². The van der Waals surface area contributed by atoms with E-state index in [2.05, 4.69) is 36.9 Å². The molecule has 3 rings (SSSR count). The SMILES string of the molecule is C[N+](C)(C)CCO.O=C(O)CCCc1c[nH]c2ccccc12.O=C1O[C@H]([C@@H](O)CO)C(O)=C1O.[Cl-]. The molecule has 2 aromatic rings. The minimum atomic E-state index is -1.42. The van der Waals surface area contributed by atoms with Crippen molar-refractivity contribution >= 4 is 22.8 Å². The van der Waals surface area contributed by atoms with Crippen LogP contribution in [-0.2, 0) is 20.7 Å². The first kappa shape index (κ1) is 32.2. The molecule has 35 heavy (non-hydrogen) atoms. The number of aliphatic hydroxyl groups is 5. The number of nitrogens with one attached hydrogen (secondary N) is 1. The highest BCUT2D eigenvalue weighted by Crippen LogP contribution is 2.21. The van der Waals surface area contributed by atoms with Gasteiger partial charge in [0, 0.05) is 23.5 Å². The van der Waals surface area contributed by atoms with Gasteiger partial charge >= 0.3 is 11.9 Å². The van der Waals surface area contributed by atoms with Crippen LogP contribution in [0.25, 0.3) is 10.9 Å². The van der Waals surface area contributed by atoms with Gasteiger partial charge in [-0.15, -0.1) is 0 Å². The smallest absolute Gasteiger partial charge is 0.377 e. The standard InChI is InChI=1S/C12H13NO2.C6H8O6.C5H14NO.ClH/c14-12(15)7-3-4-9-8-13-11-6-2-1-5-10(9)11;7-1-2(8)5-3(9)4(10)6(11)12-5;1-6(2,3)4-5-7;/h1-2,5-6,8,13H,3-4,7H2,(H,14,15);2,5,7-10H,1H2;7H,4-5H2,1-3H3;1H/q;;+1;/p-1/t;2-,5+;;/m.0../s1. The number of benzene rings is 1. The number of aliphatic hydroxyl groups excluding tert-OH is 5. The summed E-state index contributed by atoms with van der Waals surface area (Å²) in [5.74, 6) is -3.51. The van der Waals surface area contributed by atoms with Crippen molar-refractivity contribution in [3.63, 3.8) is 0 Å². The Bertz CT molecular complexity index is 969. The number of para-hydroxylation sites is 1. The highest BCUT2D eigenvalue weighted by Gasteiger charge is 2.38. The Balaban J connectivity index is 0.000000522. The summed E-state index contributed by atoms with van der Waals surface area (Å²) in [4.78, 5) is 24.1. The molecule has 0 radical (unpaired) electrons. The number of H-pyrrole nitrogens is 1. The summed E-state index contributed by atoms with van der Waals surface area (Å²) < 4.78 is 5.16. The third-order valence-electron chi connectivity index (χ3n) is 4.76. The number of aromatic amines is 1. The van der Waals surface area contributed by atoms with Crippen molar-refractivity contribution in [2.24, 2.45) is 0 Å². The molecule has 0 unspecified atom stereocenters. The van der Waals surface area contributed by atoms with Gasteiger partial charge in [0.25, 0.3) is 0 Å². The minimum Gasteiger partial charge on any atom is -1.00 e. The number of cyclic esters (lactones) is 1. The zero-order chi connectivity index (χ0) is 25.9. The normalized spacial score (nSPS) is 15.8. The zero-order valence-corrected chi connectivity index (χ0v) is 20.8. The van der Waals surface area contributed by atoms with E-state index in [0.29, 0.717) is 6.42 Å². The second-order valence-electron chi connectivity index (χ2n) is 8.65. The van der Waals surface area contributed by atoms with Crippen LogP contribution in [0.4, 0.5) is 0 Å². The van der Waals surface area contributed by atoms with Crippen LogP contribution in [0.1, 0.15) is 18.4 Å². The maximum atomic E-state index is 10.5. The van der Waals surface area contributed by atoms with E-state index in [4.69, 9.17) is 30.6 Å². The lowest BCUT2D eigenvalue weighted by molar-refractivity contribution is -0.870. The van der Waals surface area contributed by atoms with Crippen LogP contribution in [0, 0.1) is 0 Å². The molecule has 12 heteroatoms. The number of likely N-dealkylation sites (N-methyl/N-ethyl adjacent to an activating group) is 1. The van der Waals surface area contributed by atoms with E-state index in [1.165, 1.54) is 10.9 Å². The van der Waals surface area contributed by atoms with Gasteiger partial charge in [0.1, 0.15) is 12.6 Å². The van der Waals surface area contributed by atoms with Gasteiger partial charge in [0.05, 0.1) is 34.4 Å². The maximum Gasteiger partial charge on any atom is 0.377 e. The number of aryl methyl sites for hydroxylation is 1. The number of hydrogen-bond acceptors (Lipinski definition) is 8. The summed E-state index contributed by atoms with van der Waals surface area (Å²) in [5.41, 5.74) is 2.31. The fourth-order valence-electron chi connectivity index (χ4n) is 2.89. The Morgan fingerprint density at radius 3 is 2.26 bits per heavy atom. The van der Waals surface area contributed by atoms with Gasteiger partial charge < -0.3 is 57.3 Å². The Hall–Kier alpha value is -2.83. The predicted octanol–water partition coefficient (Wildman–Crippen LogP) is -2.14. The molecule has 1 aliphatic rings. The second-order valence-corrected chi connectivity index (χ2v) is 8.65. The lowest BCUT2D eigenvalue weighted by atomic mass is 10.1. The number of carboxylic acid groups (broad SMARTS) is 1. The summed E-state index contributed by atoms with van der Waals surface area (Å²) in [6.07, 6.45) is 0.931. The van der Waals surface area contributed by atoms with E-state index in [9.17, 15) is 9.59 Å². The monoisotopic (exact) mass is 518 g/mol. The van der Waals surface area contributed by atoms with Gasteiger partial charge in [-0.05, 0) is 24.5 Å². The maximum absolute atomic E-state index is 10.5. The molecule has 0 saturated heterocycles. The van der Waals surface area contributed by atoms with E-state index < -0.39 is 42.3 Å². The molecule has 1 aromatic carbocycles. The predicted molar refractivity (Wildman–Crippen MR) is 124 cm³/mol. The largest absolute Gasteiger partial charge is 1.00 e. The molecule has 0 amide bonds. The van der Waals surface area contributed by atoms with Crippen LogP contribution in [0.2, 0.25) is 0 Å². The summed E-state index contributed by atoms with van der Waals surface area (Å²) in [5, 5.41) is 53.2. The average molecular weight is 519 g/mol. The summed E-state index contributed by atoms with van der Waals surface area (Å²) in [7, 11) is 6.16. The number of quaternary nitrogens is 1. The quantitative estimate of drug-likeness (QED) is 0.151. The van der Waals surface area contributed by atoms with Crippen LogP contribution >= 0.6 is 0 Å². The van der Waals surface area contributed by atoms with E-state index in [1.807, 2.05) is 24.4 Å². The first-order chi connectivity index (χ1) is 15.9. The molecular weight excluding hydrogens is 484 g/mol. The number of rotatable bonds is 8. The number of fused-ring (bicyclic) bond motifs is 1. The van der Waals surface area contributed by atoms with Crippen molar-refractivity contribution in [2.45, 2.75) is 31.5 Å². The molecular formula is C23H35ClN2O9. The van der Waals surface area contributed by atoms with Crippen molar-refractivity contribution in [1.29, 1.82) is 0 Å². The Morgan fingerprint density at radius 2 is 1.80 bits per heavy atom. The Kier molecular flexibility index (Phi) is 14.0. The molecule has 2 atom stereocenters. The fourth-order valence-corrected chi connectivity index (χ4v) is 2.89. The van der Waals surface area contributed by atoms with E-state index in [-0.39, 0.29) is 25.4 Å². The minimum absolute atomic E-state index is 0. The molecule has 2 heterocycles. The van der Waals surface area contributed by atoms with Crippen LogP contribution < -0.4 is 12.4 Å². The van der Waals surface area contributed by atoms with Gasteiger partial charge in [-0.25, -0.2) is 4.79 Å². The molecule has 0 bridgehead atoms. The fraction of sp³-hybridized carbons (Fsp3) is 0.478. The van der Waals surface area contributed by atoms with E-state index in [1.54, 1.807) is 0 Å². The van der Waals surface area contributed by atoms with Crippen molar-refractivity contribution in [2.75, 3.05) is 40.9 Å². The van der Waals surface area contributed by atoms with Gasteiger partial charge in [-0.2, -0.15) is 0 Å². The summed E-state index contributed by atoms with van der Waals surface area (Å²) in [6, 6.07) is 8.06. The Labute approximate surface area is 209 Å². The van der Waals surface area contributed by atoms with Gasteiger partial charge in [0.15, 0.2) is 11.9 Å². The number of hydrogen-bond donors (Lipinski definition) is 7. The number of carboxylic acids is 1. The van der Waals surface area contributed by atoms with Gasteiger partial charge in [-0.3, -0.25) is 4.79 Å². The molecule has 1 aromatic heterocycles. The second kappa shape index (κ2) is 15.2. The average Bonchev–Trinajstić information content (AvgIpc) is 3.29. The highest BCUT2D eigenvalue weighted by atomic mass is 35.5. The van der Waals surface area contributed by atoms with Crippen LogP contribution in [0.3, 0.4) is 0 Å². The third-order valence-corrected chi connectivity index (χ3v) is 4.76. The lowest BCUT2D eigenvalue weighted by Gasteiger charge is -2.21. The van der Waals surface area contributed by atoms with Crippen molar-refractivity contribution in [3.8, 4) is 0 Å². The Morgan fingerprint density at radius 1 is 1.17 bits per heavy atom. The molecule has 0 aliphatic carbocycles. The van der Waals surface area contributed by atoms with Crippen molar-refractivity contribution in [3.05, 3.63) is 47.5 Å². The summed E-state index contributed by atoms with van der Waals surface area (Å²) in [6.45, 7) is 0.443. The van der Waals surface area contributed by atoms with Crippen LogP contribution in [0.15, 0.2) is 42.0 Å². The molecule has 0 fully saturated rings. The number of nitrogens with zero attached hydrogens (tertiary/aromatic N) is 1. The van der Waals surface area contributed by atoms with Crippen molar-refractivity contribution in [1.82, 2.24) is 4.98 Å². The topological polar surface area (TPSA) is 181 Å². The number of halogens is 1. The molecule has 7 N–H and O–H groups in total. The first-order valence-electron chi connectivity index (χ1n) is 10.7.